The zero-order valence-electron chi connectivity index (χ0n) is 13.6. The molecule has 1 aromatic heterocycles. The molecule has 1 saturated carbocycles. The van der Waals surface area contributed by atoms with Gasteiger partial charge in [0.2, 0.25) is 0 Å². The van der Waals surface area contributed by atoms with Crippen molar-refractivity contribution in [2.75, 3.05) is 18.9 Å². The average Bonchev–Trinajstić information content (AvgIpc) is 2.96. The lowest BCUT2D eigenvalue weighted by atomic mass is 10.2. The normalized spacial score (nSPS) is 24.0. The Kier molecular flexibility index (Phi) is 3.80. The molecule has 2 heterocycles. The number of aromatic nitrogens is 2. The molecule has 2 fully saturated rings. The Morgan fingerprint density at radius 2 is 2.16 bits per heavy atom. The number of fused-ring (bicyclic) bond motifs is 1. The Morgan fingerprint density at radius 3 is 2.84 bits per heavy atom. The molecule has 0 spiro atoms. The van der Waals surface area contributed by atoms with Crippen LogP contribution in [0.3, 0.4) is 0 Å². The van der Waals surface area contributed by atoms with Crippen molar-refractivity contribution in [1.82, 2.24) is 15.1 Å². The van der Waals surface area contributed by atoms with Crippen molar-refractivity contribution in [2.45, 2.75) is 12.6 Å². The lowest BCUT2D eigenvalue weighted by molar-refractivity contribution is 0.0924. The van der Waals surface area contributed by atoms with Crippen molar-refractivity contribution in [2.24, 2.45) is 11.8 Å². The van der Waals surface area contributed by atoms with E-state index in [4.69, 9.17) is 10.5 Å². The molecule has 1 amide bonds. The van der Waals surface area contributed by atoms with Gasteiger partial charge in [0.15, 0.2) is 5.69 Å². The smallest absolute Gasteiger partial charge is 0.274 e. The summed E-state index contributed by atoms with van der Waals surface area (Å²) in [5.41, 5.74) is 7.46. The van der Waals surface area contributed by atoms with Crippen molar-refractivity contribution in [3.05, 3.63) is 53.6 Å². The quantitative estimate of drug-likeness (QED) is 0.866. The van der Waals surface area contributed by atoms with E-state index < -0.39 is 0 Å². The number of nitrogens with one attached hydrogen (secondary N) is 1. The summed E-state index contributed by atoms with van der Waals surface area (Å²) in [7, 11) is 0. The summed E-state index contributed by atoms with van der Waals surface area (Å²) in [6.45, 7) is 5.27. The van der Waals surface area contributed by atoms with Crippen LogP contribution in [0.1, 0.15) is 21.7 Å². The van der Waals surface area contributed by atoms with E-state index in [1.54, 1.807) is 18.2 Å². The highest BCUT2D eigenvalue weighted by Crippen LogP contribution is 2.44. The van der Waals surface area contributed by atoms with Gasteiger partial charge in [0.25, 0.3) is 5.91 Å². The highest BCUT2D eigenvalue weighted by molar-refractivity contribution is 5.99. The van der Waals surface area contributed by atoms with Crippen LogP contribution in [0.15, 0.2) is 30.8 Å². The summed E-state index contributed by atoms with van der Waals surface area (Å²) in [4.78, 5) is 12.5. The molecule has 0 bridgehead atoms. The van der Waals surface area contributed by atoms with E-state index in [9.17, 15) is 9.18 Å². The van der Waals surface area contributed by atoms with Crippen LogP contribution in [0.2, 0.25) is 0 Å². The van der Waals surface area contributed by atoms with Gasteiger partial charge in [-0.2, -0.15) is 5.10 Å². The third kappa shape index (κ3) is 2.70. The topological polar surface area (TPSA) is 82.2 Å². The number of rotatable bonds is 5. The molecule has 1 unspecified atom stereocenters. The zero-order chi connectivity index (χ0) is 17.6. The van der Waals surface area contributed by atoms with Gasteiger partial charge >= 0.3 is 0 Å². The third-order valence-corrected chi connectivity index (χ3v) is 4.97. The molecule has 3 atom stereocenters. The monoisotopic (exact) mass is 342 g/mol. The Bertz CT molecular complexity index is 838. The molecule has 130 valence electrons. The Labute approximate surface area is 144 Å². The van der Waals surface area contributed by atoms with Gasteiger partial charge in [-0.3, -0.25) is 9.48 Å². The van der Waals surface area contributed by atoms with Crippen LogP contribution < -0.4 is 11.1 Å². The number of amides is 1. The number of hydrogen-bond donors (Lipinski definition) is 2. The number of benzene rings is 1. The predicted molar refractivity (Wildman–Crippen MR) is 91.3 cm³/mol. The lowest BCUT2D eigenvalue weighted by Gasteiger charge is -2.06. The number of nitrogens with two attached hydrogens (primary N) is 1. The van der Waals surface area contributed by atoms with Crippen molar-refractivity contribution in [1.29, 1.82) is 0 Å². The number of anilines is 1. The van der Waals surface area contributed by atoms with E-state index in [1.807, 2.05) is 0 Å². The SMILES string of the molecule is C=Cc1c(N)c(C(=O)NC2[C@H]3COC[C@@H]23)nn1Cc1ccccc1F. The van der Waals surface area contributed by atoms with Crippen LogP contribution in [-0.2, 0) is 11.3 Å². The van der Waals surface area contributed by atoms with Crippen LogP contribution >= 0.6 is 0 Å². The second-order valence-electron chi connectivity index (χ2n) is 6.47. The van der Waals surface area contributed by atoms with E-state index in [-0.39, 0.29) is 35.7 Å². The standard InChI is InChI=1S/C18H19FN4O2/c1-2-14-15(20)17(18(24)21-16-11-8-25-9-12(11)16)22-23(14)7-10-5-3-4-6-13(10)19/h2-6,11-12,16H,1,7-9,20H2,(H,21,24)/t11-,12+,16?. The summed E-state index contributed by atoms with van der Waals surface area (Å²) in [6.07, 6.45) is 1.53. The Balaban J connectivity index is 1.57. The van der Waals surface area contributed by atoms with Crippen LogP contribution in [0.5, 0.6) is 0 Å². The minimum atomic E-state index is -0.330. The maximum Gasteiger partial charge on any atom is 0.274 e. The maximum atomic E-state index is 13.9. The predicted octanol–water partition coefficient (Wildman–Crippen LogP) is 1.67. The molecular weight excluding hydrogens is 323 g/mol. The van der Waals surface area contributed by atoms with Crippen molar-refractivity contribution in [3.63, 3.8) is 0 Å². The highest BCUT2D eigenvalue weighted by atomic mass is 19.1. The van der Waals surface area contributed by atoms with E-state index in [1.165, 1.54) is 16.8 Å². The van der Waals surface area contributed by atoms with Crippen LogP contribution in [0, 0.1) is 17.7 Å². The fourth-order valence-electron chi connectivity index (χ4n) is 3.45. The molecule has 3 N–H and O–H groups in total. The molecule has 1 aliphatic carbocycles. The molecule has 25 heavy (non-hydrogen) atoms. The van der Waals surface area contributed by atoms with E-state index >= 15 is 0 Å². The van der Waals surface area contributed by atoms with Gasteiger partial charge in [0.1, 0.15) is 5.82 Å². The van der Waals surface area contributed by atoms with Crippen LogP contribution in [0.4, 0.5) is 10.1 Å². The molecule has 0 radical (unpaired) electrons. The van der Waals surface area contributed by atoms with Crippen LogP contribution in [-0.4, -0.2) is 34.9 Å². The molecule has 1 saturated heterocycles. The summed E-state index contributed by atoms with van der Waals surface area (Å²) >= 11 is 0. The third-order valence-electron chi connectivity index (χ3n) is 4.97. The minimum absolute atomic E-state index is 0.129. The molecule has 1 aromatic carbocycles. The molecule has 2 aliphatic rings. The van der Waals surface area contributed by atoms with E-state index in [2.05, 4.69) is 17.0 Å². The summed E-state index contributed by atoms with van der Waals surface area (Å²) in [6, 6.07) is 6.56. The van der Waals surface area contributed by atoms with Crippen LogP contribution in [0.25, 0.3) is 6.08 Å². The summed E-state index contributed by atoms with van der Waals surface area (Å²) in [5.74, 6) is 0.143. The first-order chi connectivity index (χ1) is 12.1. The molecule has 6 nitrogen and oxygen atoms in total. The van der Waals surface area contributed by atoms with Crippen molar-refractivity contribution < 1.29 is 13.9 Å². The number of nitrogen functional groups attached to an aromatic ring is 1. The fraction of sp³-hybridized carbons (Fsp3) is 0.333. The molecule has 2 aromatic rings. The van der Waals surface area contributed by atoms with Gasteiger partial charge in [-0.05, 0) is 12.1 Å². The largest absolute Gasteiger partial charge is 0.395 e. The summed E-state index contributed by atoms with van der Waals surface area (Å²) < 4.78 is 20.7. The lowest BCUT2D eigenvalue weighted by Crippen LogP contribution is -2.30. The van der Waals surface area contributed by atoms with Crippen molar-refractivity contribution >= 4 is 17.7 Å². The maximum absolute atomic E-state index is 13.9. The molecule has 7 heteroatoms. The number of nitrogens with zero attached hydrogens (tertiary/aromatic N) is 2. The summed E-state index contributed by atoms with van der Waals surface area (Å²) in [5, 5.41) is 7.27. The molecular formula is C18H19FN4O2. The van der Waals surface area contributed by atoms with Gasteiger partial charge in [0, 0.05) is 23.4 Å². The number of halogens is 1. The first-order valence-corrected chi connectivity index (χ1v) is 8.21. The zero-order valence-corrected chi connectivity index (χ0v) is 13.6. The fourth-order valence-corrected chi connectivity index (χ4v) is 3.45. The van der Waals surface area contributed by atoms with Gasteiger partial charge in [-0.25, -0.2) is 4.39 Å². The van der Waals surface area contributed by atoms with Gasteiger partial charge in [-0.1, -0.05) is 24.8 Å². The van der Waals surface area contributed by atoms with Gasteiger partial charge in [0.05, 0.1) is 31.1 Å². The first kappa shape index (κ1) is 15.8. The second-order valence-corrected chi connectivity index (χ2v) is 6.47. The average molecular weight is 342 g/mol. The van der Waals surface area contributed by atoms with Gasteiger partial charge in [-0.15, -0.1) is 0 Å². The molecule has 1 aliphatic heterocycles. The number of carbonyl (C=O) groups is 1. The van der Waals surface area contributed by atoms with Gasteiger partial charge < -0.3 is 15.8 Å². The Hall–Kier alpha value is -2.67. The van der Waals surface area contributed by atoms with Crippen molar-refractivity contribution in [3.8, 4) is 0 Å². The first-order valence-electron chi connectivity index (χ1n) is 8.21. The number of ether oxygens (including phenoxy) is 1. The Morgan fingerprint density at radius 1 is 1.44 bits per heavy atom. The molecule has 4 rings (SSSR count). The second kappa shape index (κ2) is 6.00. The number of hydrogen-bond acceptors (Lipinski definition) is 4. The van der Waals surface area contributed by atoms with E-state index in [0.29, 0.717) is 36.3 Å². The highest BCUT2D eigenvalue weighted by Gasteiger charge is 2.55. The van der Waals surface area contributed by atoms with E-state index in [0.717, 1.165) is 0 Å². The minimum Gasteiger partial charge on any atom is -0.395 e. The number of carbonyl (C=O) groups excluding carboxylic acids is 1.